The zero-order valence-electron chi connectivity index (χ0n) is 13.7. The summed E-state index contributed by atoms with van der Waals surface area (Å²) in [5, 5.41) is 0.554. The SMILES string of the molecule is CC(C)c1ccc(C2CC2C(C)(C)c2ccc(Cl)nc2)nc1. The van der Waals surface area contributed by atoms with E-state index in [1.165, 1.54) is 23.2 Å². The highest BCUT2D eigenvalue weighted by Crippen LogP contribution is 2.57. The third kappa shape index (κ3) is 2.89. The van der Waals surface area contributed by atoms with Gasteiger partial charge in [-0.15, -0.1) is 0 Å². The number of pyridine rings is 2. The lowest BCUT2D eigenvalue weighted by atomic mass is 9.79. The average Bonchev–Trinajstić information content (AvgIpc) is 3.29. The summed E-state index contributed by atoms with van der Waals surface area (Å²) in [6, 6.07) is 8.40. The standard InChI is InChI=1S/C19H23ClN2/c1-12(2)13-5-7-17(21-10-13)15-9-16(15)19(3,4)14-6-8-18(20)22-11-14/h5-8,10-12,15-16H,9H2,1-4H3. The number of nitrogens with zero attached hydrogens (tertiary/aromatic N) is 2. The van der Waals surface area contributed by atoms with Crippen molar-refractivity contribution in [1.82, 2.24) is 9.97 Å². The Kier molecular flexibility index (Phi) is 3.98. The Morgan fingerprint density at radius 1 is 1.09 bits per heavy atom. The first-order chi connectivity index (χ1) is 10.4. The lowest BCUT2D eigenvalue weighted by molar-refractivity contribution is 0.441. The van der Waals surface area contributed by atoms with E-state index >= 15 is 0 Å². The van der Waals surface area contributed by atoms with Gasteiger partial charge in [0.2, 0.25) is 0 Å². The molecule has 2 aromatic heterocycles. The summed E-state index contributed by atoms with van der Waals surface area (Å²) < 4.78 is 0. The Morgan fingerprint density at radius 3 is 2.41 bits per heavy atom. The van der Waals surface area contributed by atoms with Crippen LogP contribution in [0.25, 0.3) is 0 Å². The van der Waals surface area contributed by atoms with Crippen LogP contribution >= 0.6 is 11.6 Å². The summed E-state index contributed by atoms with van der Waals surface area (Å²) in [5.41, 5.74) is 3.88. The molecule has 0 saturated heterocycles. The molecule has 1 aliphatic rings. The maximum absolute atomic E-state index is 5.90. The lowest BCUT2D eigenvalue weighted by Crippen LogP contribution is -2.21. The Morgan fingerprint density at radius 2 is 1.86 bits per heavy atom. The fourth-order valence-corrected chi connectivity index (χ4v) is 3.38. The molecule has 0 bridgehead atoms. The van der Waals surface area contributed by atoms with Gasteiger partial charge in [-0.3, -0.25) is 4.98 Å². The van der Waals surface area contributed by atoms with Crippen LogP contribution in [0.4, 0.5) is 0 Å². The van der Waals surface area contributed by atoms with Crippen LogP contribution in [-0.4, -0.2) is 9.97 Å². The van der Waals surface area contributed by atoms with Gasteiger partial charge in [0.1, 0.15) is 5.15 Å². The van der Waals surface area contributed by atoms with Crippen molar-refractivity contribution in [3.8, 4) is 0 Å². The van der Waals surface area contributed by atoms with E-state index in [0.717, 1.165) is 0 Å². The zero-order valence-corrected chi connectivity index (χ0v) is 14.4. The minimum atomic E-state index is 0.0979. The first kappa shape index (κ1) is 15.5. The van der Waals surface area contributed by atoms with Crippen LogP contribution < -0.4 is 0 Å². The summed E-state index contributed by atoms with van der Waals surface area (Å²) in [6.07, 6.45) is 5.14. The van der Waals surface area contributed by atoms with E-state index in [0.29, 0.717) is 22.9 Å². The lowest BCUT2D eigenvalue weighted by Gasteiger charge is -2.25. The Labute approximate surface area is 138 Å². The number of rotatable bonds is 4. The van der Waals surface area contributed by atoms with E-state index in [1.54, 1.807) is 0 Å². The Bertz CT molecular complexity index is 644. The molecular formula is C19H23ClN2. The molecule has 2 aromatic rings. The van der Waals surface area contributed by atoms with Crippen LogP contribution in [0, 0.1) is 5.92 Å². The van der Waals surface area contributed by atoms with Crippen molar-refractivity contribution in [3.05, 3.63) is 58.6 Å². The zero-order chi connectivity index (χ0) is 15.9. The predicted molar refractivity (Wildman–Crippen MR) is 91.4 cm³/mol. The Balaban J connectivity index is 1.76. The van der Waals surface area contributed by atoms with E-state index in [1.807, 2.05) is 18.5 Å². The van der Waals surface area contributed by atoms with Crippen LogP contribution in [0.1, 0.15) is 62.8 Å². The van der Waals surface area contributed by atoms with Crippen LogP contribution in [-0.2, 0) is 5.41 Å². The number of hydrogen-bond donors (Lipinski definition) is 0. The van der Waals surface area contributed by atoms with Gasteiger partial charge in [-0.25, -0.2) is 4.98 Å². The molecule has 0 aliphatic heterocycles. The van der Waals surface area contributed by atoms with Crippen molar-refractivity contribution in [2.75, 3.05) is 0 Å². The summed E-state index contributed by atoms with van der Waals surface area (Å²) in [5.74, 6) is 1.72. The molecule has 3 heteroatoms. The number of hydrogen-bond acceptors (Lipinski definition) is 2. The topological polar surface area (TPSA) is 25.8 Å². The molecule has 2 heterocycles. The highest BCUT2D eigenvalue weighted by Gasteiger charge is 2.49. The van der Waals surface area contributed by atoms with Crippen LogP contribution in [0.15, 0.2) is 36.7 Å². The molecule has 0 spiro atoms. The third-order valence-corrected chi connectivity index (χ3v) is 5.27. The summed E-state index contributed by atoms with van der Waals surface area (Å²) in [6.45, 7) is 9.00. The average molecular weight is 315 g/mol. The highest BCUT2D eigenvalue weighted by atomic mass is 35.5. The van der Waals surface area contributed by atoms with Gasteiger partial charge < -0.3 is 0 Å². The maximum Gasteiger partial charge on any atom is 0.129 e. The molecule has 3 rings (SSSR count). The quantitative estimate of drug-likeness (QED) is 0.712. The predicted octanol–water partition coefficient (Wildman–Crippen LogP) is 5.33. The number of aromatic nitrogens is 2. The molecular weight excluding hydrogens is 292 g/mol. The van der Waals surface area contributed by atoms with Gasteiger partial charge in [-0.1, -0.05) is 51.4 Å². The van der Waals surface area contributed by atoms with Crippen LogP contribution in [0.3, 0.4) is 0 Å². The van der Waals surface area contributed by atoms with E-state index in [-0.39, 0.29) is 5.41 Å². The van der Waals surface area contributed by atoms with Crippen molar-refractivity contribution >= 4 is 11.6 Å². The summed E-state index contributed by atoms with van der Waals surface area (Å²) in [7, 11) is 0. The minimum Gasteiger partial charge on any atom is -0.261 e. The molecule has 0 aromatic carbocycles. The van der Waals surface area contributed by atoms with Gasteiger partial charge in [0.05, 0.1) is 0 Å². The second kappa shape index (κ2) is 5.66. The molecule has 0 N–H and O–H groups in total. The highest BCUT2D eigenvalue weighted by molar-refractivity contribution is 6.29. The van der Waals surface area contributed by atoms with Crippen LogP contribution in [0.2, 0.25) is 5.15 Å². The largest absolute Gasteiger partial charge is 0.261 e. The molecule has 22 heavy (non-hydrogen) atoms. The Hall–Kier alpha value is -1.41. The van der Waals surface area contributed by atoms with Crippen molar-refractivity contribution in [2.24, 2.45) is 5.92 Å². The first-order valence-corrected chi connectivity index (χ1v) is 8.35. The van der Waals surface area contributed by atoms with Crippen molar-refractivity contribution in [3.63, 3.8) is 0 Å². The maximum atomic E-state index is 5.90. The summed E-state index contributed by atoms with van der Waals surface area (Å²) in [4.78, 5) is 8.93. The molecule has 116 valence electrons. The van der Waals surface area contributed by atoms with Gasteiger partial charge in [0.25, 0.3) is 0 Å². The summed E-state index contributed by atoms with van der Waals surface area (Å²) >= 11 is 5.90. The van der Waals surface area contributed by atoms with Crippen molar-refractivity contribution in [2.45, 2.75) is 51.4 Å². The van der Waals surface area contributed by atoms with Gasteiger partial charge in [0.15, 0.2) is 0 Å². The van der Waals surface area contributed by atoms with Gasteiger partial charge in [0, 0.05) is 24.0 Å². The van der Waals surface area contributed by atoms with Crippen molar-refractivity contribution in [1.29, 1.82) is 0 Å². The second-order valence-electron chi connectivity index (χ2n) is 7.21. The smallest absolute Gasteiger partial charge is 0.129 e. The second-order valence-corrected chi connectivity index (χ2v) is 7.60. The molecule has 2 atom stereocenters. The fraction of sp³-hybridized carbons (Fsp3) is 0.474. The molecule has 1 saturated carbocycles. The first-order valence-electron chi connectivity index (χ1n) is 7.97. The van der Waals surface area contributed by atoms with Gasteiger partial charge in [-0.2, -0.15) is 0 Å². The third-order valence-electron chi connectivity index (χ3n) is 5.04. The van der Waals surface area contributed by atoms with Gasteiger partial charge in [-0.05, 0) is 46.9 Å². The minimum absolute atomic E-state index is 0.0979. The van der Waals surface area contributed by atoms with Crippen LogP contribution in [0.5, 0.6) is 0 Å². The molecule has 0 radical (unpaired) electrons. The van der Waals surface area contributed by atoms with Gasteiger partial charge >= 0.3 is 0 Å². The molecule has 1 aliphatic carbocycles. The van der Waals surface area contributed by atoms with E-state index < -0.39 is 0 Å². The number of halogens is 1. The molecule has 2 nitrogen and oxygen atoms in total. The normalized spacial score (nSPS) is 21.2. The molecule has 0 amide bonds. The van der Waals surface area contributed by atoms with E-state index in [9.17, 15) is 0 Å². The monoisotopic (exact) mass is 314 g/mol. The fourth-order valence-electron chi connectivity index (χ4n) is 3.27. The van der Waals surface area contributed by atoms with Crippen molar-refractivity contribution < 1.29 is 0 Å². The molecule has 2 unspecified atom stereocenters. The van der Waals surface area contributed by atoms with E-state index in [2.05, 4.69) is 50.9 Å². The van der Waals surface area contributed by atoms with E-state index in [4.69, 9.17) is 16.6 Å². The molecule has 1 fully saturated rings.